The Morgan fingerprint density at radius 2 is 0.745 bits per heavy atom. The second kappa shape index (κ2) is 48.2. The van der Waals surface area contributed by atoms with Crippen LogP contribution in [0.5, 0.6) is 0 Å². The number of nitrogens with zero attached hydrogens (tertiary/aromatic N) is 4. The van der Waals surface area contributed by atoms with Gasteiger partial charge < -0.3 is 19.1 Å². The molecule has 94 heavy (non-hydrogen) atoms. The van der Waals surface area contributed by atoms with Crippen molar-refractivity contribution in [2.45, 2.75) is 209 Å². The van der Waals surface area contributed by atoms with Crippen molar-refractivity contribution in [2.75, 3.05) is 40.0 Å². The molecule has 7 aromatic rings. The SMILES string of the molecule is CC1CCC(C)CC1.CC1CCC(C)OC1.CC1CCN(C)CC1.CC1COC(C)OC1.Cc1cc(F)c(C)c(Cl)c1.Cc1cc(F)c(C)c(F)c1.Cc1ccc(C)c(Cl)c1.Cc1ccc(C)c(F)c1.Cc1ccc(C)cc1.Cc1ccc(C)nc1.Cc1cnc(C)nc1. The molecule has 0 N–H and O–H groups in total. The average Bonchev–Trinajstić information content (AvgIpc) is 1.27. The van der Waals surface area contributed by atoms with Crippen molar-refractivity contribution >= 4 is 23.2 Å². The molecule has 3 aliphatic heterocycles. The Bertz CT molecular complexity index is 2680. The summed E-state index contributed by atoms with van der Waals surface area (Å²) < 4.78 is 66.3. The van der Waals surface area contributed by atoms with Crippen molar-refractivity contribution in [3.8, 4) is 0 Å². The number of likely N-dealkylation sites (tertiary alicyclic amines) is 1. The van der Waals surface area contributed by atoms with E-state index in [1.807, 2.05) is 105 Å². The molecule has 0 bridgehead atoms. The maximum atomic E-state index is 12.8. The lowest BCUT2D eigenvalue weighted by Gasteiger charge is -2.26. The van der Waals surface area contributed by atoms with Gasteiger partial charge in [-0.25, -0.2) is 27.5 Å². The standard InChI is InChI=1S/C8H8ClF.C8H9Cl.C8H8F2.C8H9F.C8H16.C8H10.C7H15N.C7H9N.C7H14O.C6H8N2.C6H12O2/c1-5-3-7(9)6(2)8(10)4-5;1-6-3-4-7(2)8(9)5-6;1-5-3-7(9)6(2)8(10)4-5;1-6-3-4-7(2)8(9)5-6;3*1-7-3-5-8(2)6-4-7;2*1-6-3-4-7(2)8-5-6;2*1-5-3-7-6(2)8-4-5/h3-4H,1-2H3;3-5H,1-2H3;3-4H,1-2H3;3-5H,1-2H3;7-8H,3-6H2,1-2H3;3-6H,1-2H3;7H,3-6H2,1-2H3;3-5H,1-2H3;6-7H,3-5H2,1-2H3;3-4H,1-2H3;5-6H,3-4H2,1-2H3. The molecule has 1 aliphatic carbocycles. The van der Waals surface area contributed by atoms with Crippen LogP contribution in [-0.4, -0.2) is 72.2 Å². The van der Waals surface area contributed by atoms with Crippen molar-refractivity contribution in [2.24, 2.45) is 29.6 Å². The van der Waals surface area contributed by atoms with Gasteiger partial charge >= 0.3 is 0 Å². The second-order valence-corrected chi connectivity index (χ2v) is 27.5. The van der Waals surface area contributed by atoms with Crippen molar-refractivity contribution in [1.29, 1.82) is 0 Å². The maximum absolute atomic E-state index is 12.8. The Labute approximate surface area is 577 Å². The number of aromatic nitrogens is 3. The number of hydrogen-bond donors (Lipinski definition) is 0. The minimum absolute atomic E-state index is 0.0196. The van der Waals surface area contributed by atoms with Crippen LogP contribution in [0.15, 0.2) is 116 Å². The molecule has 2 atom stereocenters. The van der Waals surface area contributed by atoms with Gasteiger partial charge in [0.25, 0.3) is 0 Å². The van der Waals surface area contributed by atoms with Gasteiger partial charge in [-0.15, -0.1) is 0 Å². The lowest BCUT2D eigenvalue weighted by Crippen LogP contribution is -2.28. The third-order valence-electron chi connectivity index (χ3n) is 16.0. The van der Waals surface area contributed by atoms with E-state index >= 15 is 0 Å². The first-order chi connectivity index (χ1) is 44.1. The van der Waals surface area contributed by atoms with Crippen LogP contribution in [0, 0.1) is 150 Å². The van der Waals surface area contributed by atoms with E-state index in [0.29, 0.717) is 33.7 Å². The Morgan fingerprint density at radius 1 is 0.362 bits per heavy atom. The first kappa shape index (κ1) is 86.5. The summed E-state index contributed by atoms with van der Waals surface area (Å²) in [6.07, 6.45) is 17.3. The van der Waals surface area contributed by atoms with E-state index in [-0.39, 0.29) is 23.5 Å². The summed E-state index contributed by atoms with van der Waals surface area (Å²) in [6, 6.07) is 29.7. The molecule has 3 saturated heterocycles. The van der Waals surface area contributed by atoms with Crippen molar-refractivity contribution < 1.29 is 31.8 Å². The van der Waals surface area contributed by atoms with E-state index in [0.717, 1.165) is 82.3 Å². The molecule has 0 amide bonds. The third-order valence-corrected chi connectivity index (χ3v) is 16.8. The molecule has 7 nitrogen and oxygen atoms in total. The topological polar surface area (TPSA) is 69.6 Å². The van der Waals surface area contributed by atoms with Crippen LogP contribution in [-0.2, 0) is 14.2 Å². The van der Waals surface area contributed by atoms with E-state index < -0.39 is 11.6 Å². The molecule has 5 aromatic carbocycles. The lowest BCUT2D eigenvalue weighted by atomic mass is 9.84. The summed E-state index contributed by atoms with van der Waals surface area (Å²) in [7, 11) is 2.20. The molecule has 11 rings (SSSR count). The number of piperidine rings is 1. The Balaban J connectivity index is 0.000000517. The highest BCUT2D eigenvalue weighted by Gasteiger charge is 2.16. The Kier molecular flexibility index (Phi) is 44.4. The largest absolute Gasteiger partial charge is 0.378 e. The molecular weight excluding hydrogens is 1220 g/mol. The van der Waals surface area contributed by atoms with E-state index in [4.69, 9.17) is 37.4 Å². The fraction of sp³-hybridized carbons (Fsp3) is 0.519. The summed E-state index contributed by atoms with van der Waals surface area (Å²) in [4.78, 5) is 14.4. The van der Waals surface area contributed by atoms with Crippen molar-refractivity contribution in [3.63, 3.8) is 0 Å². The van der Waals surface area contributed by atoms with E-state index in [1.165, 1.54) is 118 Å². The number of pyridine rings is 1. The predicted octanol–water partition coefficient (Wildman–Crippen LogP) is 23.2. The Morgan fingerprint density at radius 3 is 1.11 bits per heavy atom. The van der Waals surface area contributed by atoms with Gasteiger partial charge in [-0.3, -0.25) is 4.98 Å². The number of benzene rings is 5. The fourth-order valence-corrected chi connectivity index (χ4v) is 9.35. The molecule has 4 fully saturated rings. The highest BCUT2D eigenvalue weighted by Crippen LogP contribution is 2.27. The van der Waals surface area contributed by atoms with Crippen molar-refractivity contribution in [3.05, 3.63) is 227 Å². The monoisotopic (exact) mass is 1340 g/mol. The van der Waals surface area contributed by atoms with Gasteiger partial charge in [0.15, 0.2) is 6.29 Å². The maximum Gasteiger partial charge on any atom is 0.154 e. The van der Waals surface area contributed by atoms with Gasteiger partial charge in [0.05, 0.1) is 19.3 Å². The number of rotatable bonds is 0. The van der Waals surface area contributed by atoms with Crippen LogP contribution < -0.4 is 0 Å². The van der Waals surface area contributed by atoms with Gasteiger partial charge in [-0.2, -0.15) is 0 Å². The summed E-state index contributed by atoms with van der Waals surface area (Å²) >= 11 is 11.5. The summed E-state index contributed by atoms with van der Waals surface area (Å²) in [5, 5.41) is 1.35. The molecule has 0 spiro atoms. The molecule has 0 radical (unpaired) electrons. The molecule has 2 unspecified atom stereocenters. The minimum Gasteiger partial charge on any atom is -0.378 e. The summed E-state index contributed by atoms with van der Waals surface area (Å²) in [5.41, 5.74) is 12.2. The van der Waals surface area contributed by atoms with Crippen LogP contribution in [0.25, 0.3) is 0 Å². The van der Waals surface area contributed by atoms with E-state index in [2.05, 4.69) is 119 Å². The summed E-state index contributed by atoms with van der Waals surface area (Å²) in [6.45, 7) is 47.1. The third kappa shape index (κ3) is 42.1. The van der Waals surface area contributed by atoms with Gasteiger partial charge in [0.1, 0.15) is 29.1 Å². The lowest BCUT2D eigenvalue weighted by molar-refractivity contribution is -0.187. The molecule has 1 saturated carbocycles. The minimum atomic E-state index is -0.475. The zero-order valence-corrected chi connectivity index (χ0v) is 63.0. The zero-order valence-electron chi connectivity index (χ0n) is 61.5. The average molecular weight is 1340 g/mol. The van der Waals surface area contributed by atoms with Crippen LogP contribution in [0.3, 0.4) is 0 Å². The molecule has 2 aromatic heterocycles. The molecular formula is C81H118Cl2F4N4O3. The van der Waals surface area contributed by atoms with Crippen LogP contribution in [0.4, 0.5) is 17.6 Å². The smallest absolute Gasteiger partial charge is 0.154 e. The molecule has 4 aliphatic rings. The van der Waals surface area contributed by atoms with E-state index in [9.17, 15) is 17.6 Å². The summed E-state index contributed by atoms with van der Waals surface area (Å²) in [5.74, 6) is 3.92. The van der Waals surface area contributed by atoms with Crippen LogP contribution >= 0.6 is 23.2 Å². The highest BCUT2D eigenvalue weighted by atomic mass is 35.5. The molecule has 13 heteroatoms. The van der Waals surface area contributed by atoms with Gasteiger partial charge in [0, 0.05) is 58.0 Å². The number of ether oxygens (including phenoxy) is 3. The van der Waals surface area contributed by atoms with Crippen LogP contribution in [0.2, 0.25) is 10.0 Å². The van der Waals surface area contributed by atoms with Crippen molar-refractivity contribution in [1.82, 2.24) is 19.9 Å². The van der Waals surface area contributed by atoms with E-state index in [1.54, 1.807) is 32.9 Å². The number of hydrogen-bond acceptors (Lipinski definition) is 7. The zero-order chi connectivity index (χ0) is 71.0. The first-order valence-electron chi connectivity index (χ1n) is 33.6. The first-order valence-corrected chi connectivity index (χ1v) is 34.4. The number of aryl methyl sites for hydroxylation is 12. The second-order valence-electron chi connectivity index (χ2n) is 26.7. The van der Waals surface area contributed by atoms with Gasteiger partial charge in [-0.1, -0.05) is 149 Å². The molecule has 5 heterocycles. The normalized spacial score (nSPS) is 18.7. The quantitative estimate of drug-likeness (QED) is 0.140. The Hall–Kier alpha value is -5.53. The van der Waals surface area contributed by atoms with Crippen LogP contribution in [0.1, 0.15) is 178 Å². The predicted molar refractivity (Wildman–Crippen MR) is 392 cm³/mol. The highest BCUT2D eigenvalue weighted by molar-refractivity contribution is 6.31. The molecule has 522 valence electrons. The number of halogens is 6. The van der Waals surface area contributed by atoms with Gasteiger partial charge in [-0.05, 0) is 267 Å². The fourth-order valence-electron chi connectivity index (χ4n) is 8.85. The van der Waals surface area contributed by atoms with Gasteiger partial charge in [0.2, 0.25) is 0 Å².